The van der Waals surface area contributed by atoms with Crippen LogP contribution in [0, 0.1) is 13.8 Å². The van der Waals surface area contributed by atoms with Crippen LogP contribution >= 0.6 is 11.8 Å². The van der Waals surface area contributed by atoms with Crippen LogP contribution in [0.25, 0.3) is 22.3 Å². The summed E-state index contributed by atoms with van der Waals surface area (Å²) in [6.07, 6.45) is 0. The molecule has 0 aliphatic rings. The lowest BCUT2D eigenvalue weighted by molar-refractivity contribution is -0.115. The Morgan fingerprint density at radius 2 is 1.55 bits per heavy atom. The molecule has 1 unspecified atom stereocenters. The van der Waals surface area contributed by atoms with Gasteiger partial charge in [0.05, 0.1) is 33.2 Å². The highest BCUT2D eigenvalue weighted by atomic mass is 32.2. The molecule has 38 heavy (non-hydrogen) atoms. The van der Waals surface area contributed by atoms with Crippen molar-refractivity contribution in [3.05, 3.63) is 111 Å². The maximum atomic E-state index is 13.6. The molecular weight excluding hydrogens is 498 g/mol. The van der Waals surface area contributed by atoms with Crippen LogP contribution in [0.4, 0.5) is 5.69 Å². The number of benzene rings is 3. The first-order valence-corrected chi connectivity index (χ1v) is 13.0. The third-order valence-electron chi connectivity index (χ3n) is 6.56. The van der Waals surface area contributed by atoms with E-state index in [4.69, 9.17) is 4.98 Å². The van der Waals surface area contributed by atoms with Gasteiger partial charge < -0.3 is 5.32 Å². The molecule has 0 aliphatic heterocycles. The van der Waals surface area contributed by atoms with E-state index in [0.29, 0.717) is 33.1 Å². The van der Waals surface area contributed by atoms with Crippen molar-refractivity contribution in [1.82, 2.24) is 18.9 Å². The molecule has 2 aromatic heterocycles. The lowest BCUT2D eigenvalue weighted by Crippen LogP contribution is -2.28. The molecule has 5 rings (SSSR count). The lowest BCUT2D eigenvalue weighted by atomic mass is 10.2. The Balaban J connectivity index is 1.51. The number of hydrogen-bond acceptors (Lipinski definition) is 5. The van der Waals surface area contributed by atoms with Gasteiger partial charge >= 0.3 is 0 Å². The third kappa shape index (κ3) is 4.45. The van der Waals surface area contributed by atoms with Crippen molar-refractivity contribution < 1.29 is 4.79 Å². The highest BCUT2D eigenvalue weighted by molar-refractivity contribution is 8.00. The van der Waals surface area contributed by atoms with Gasteiger partial charge in [-0.25, -0.2) is 9.67 Å². The summed E-state index contributed by atoms with van der Waals surface area (Å²) < 4.78 is 4.79. The smallest absolute Gasteiger partial charge is 0.295 e. The van der Waals surface area contributed by atoms with E-state index in [9.17, 15) is 14.4 Å². The van der Waals surface area contributed by atoms with Crippen molar-refractivity contribution in [2.75, 3.05) is 5.32 Å². The summed E-state index contributed by atoms with van der Waals surface area (Å²) in [6.45, 7) is 5.45. The Bertz CT molecular complexity index is 1790. The monoisotopic (exact) mass is 525 g/mol. The Labute approximate surface area is 223 Å². The summed E-state index contributed by atoms with van der Waals surface area (Å²) >= 11 is 1.17. The number of anilines is 1. The average molecular weight is 526 g/mol. The van der Waals surface area contributed by atoms with Crippen LogP contribution in [0.3, 0.4) is 0 Å². The zero-order chi connectivity index (χ0) is 27.0. The van der Waals surface area contributed by atoms with E-state index in [1.54, 1.807) is 48.3 Å². The molecule has 0 spiro atoms. The molecule has 0 aliphatic carbocycles. The second kappa shape index (κ2) is 10.2. The molecule has 1 amide bonds. The fourth-order valence-electron chi connectivity index (χ4n) is 4.37. The van der Waals surface area contributed by atoms with Crippen LogP contribution in [-0.4, -0.2) is 30.1 Å². The summed E-state index contributed by atoms with van der Waals surface area (Å²) in [6, 6.07) is 24.0. The number of thioether (sulfide) groups is 1. The summed E-state index contributed by atoms with van der Waals surface area (Å²) in [5.74, 6) is -0.361. The maximum Gasteiger partial charge on any atom is 0.295 e. The quantitative estimate of drug-likeness (QED) is 0.258. The number of carbonyl (C=O) groups is 1. The first-order chi connectivity index (χ1) is 18.3. The summed E-state index contributed by atoms with van der Waals surface area (Å²) in [4.78, 5) is 44.9. The van der Waals surface area contributed by atoms with E-state index < -0.39 is 5.25 Å². The van der Waals surface area contributed by atoms with E-state index >= 15 is 0 Å². The minimum absolute atomic E-state index is 0.204. The molecule has 9 heteroatoms. The number of aromatic nitrogens is 4. The highest BCUT2D eigenvalue weighted by Crippen LogP contribution is 2.27. The van der Waals surface area contributed by atoms with Gasteiger partial charge in [-0.1, -0.05) is 60.3 Å². The standard InChI is InChI=1S/C29H27N5O3S/c1-18-12-8-11-17-24(18)33-27(36)22-15-9-10-16-23(22)30-29(33)38-20(3)26(35)31-25-19(2)32(4)34(28(25)37)21-13-6-5-7-14-21/h5-17,20H,1-4H3,(H,31,35). The predicted molar refractivity (Wildman–Crippen MR) is 152 cm³/mol. The van der Waals surface area contributed by atoms with Gasteiger partial charge in [0.25, 0.3) is 11.1 Å². The molecule has 0 saturated carbocycles. The van der Waals surface area contributed by atoms with E-state index in [1.807, 2.05) is 67.6 Å². The average Bonchev–Trinajstić information content (AvgIpc) is 3.13. The van der Waals surface area contributed by atoms with Crippen LogP contribution in [0.15, 0.2) is 93.6 Å². The summed E-state index contributed by atoms with van der Waals surface area (Å²) in [5.41, 5.74) is 3.20. The Kier molecular flexibility index (Phi) is 6.77. The second-order valence-electron chi connectivity index (χ2n) is 9.02. The number of hydrogen-bond donors (Lipinski definition) is 1. The maximum absolute atomic E-state index is 13.6. The zero-order valence-corrected chi connectivity index (χ0v) is 22.3. The Morgan fingerprint density at radius 1 is 0.895 bits per heavy atom. The summed E-state index contributed by atoms with van der Waals surface area (Å²) in [7, 11) is 1.78. The molecular formula is C29H27N5O3S. The van der Waals surface area contributed by atoms with Crippen molar-refractivity contribution in [3.8, 4) is 11.4 Å². The molecule has 192 valence electrons. The SMILES string of the molecule is Cc1ccccc1-n1c(SC(C)C(=O)Nc2c(C)n(C)n(-c3ccccc3)c2=O)nc2ccccc2c1=O. The van der Waals surface area contributed by atoms with Gasteiger partial charge in [-0.15, -0.1) is 0 Å². The van der Waals surface area contributed by atoms with Gasteiger partial charge in [-0.3, -0.25) is 23.6 Å². The van der Waals surface area contributed by atoms with Crippen molar-refractivity contribution in [3.63, 3.8) is 0 Å². The number of amides is 1. The van der Waals surface area contributed by atoms with Crippen molar-refractivity contribution in [1.29, 1.82) is 0 Å². The van der Waals surface area contributed by atoms with E-state index in [0.717, 1.165) is 5.56 Å². The molecule has 5 aromatic rings. The van der Waals surface area contributed by atoms with Crippen LogP contribution in [0.2, 0.25) is 0 Å². The fourth-order valence-corrected chi connectivity index (χ4v) is 5.29. The Morgan fingerprint density at radius 3 is 2.29 bits per heavy atom. The van der Waals surface area contributed by atoms with Gasteiger partial charge in [0, 0.05) is 7.05 Å². The molecule has 0 radical (unpaired) electrons. The fraction of sp³-hybridized carbons (Fsp3) is 0.172. The molecule has 3 aromatic carbocycles. The van der Waals surface area contributed by atoms with Crippen molar-refractivity contribution >= 4 is 34.3 Å². The first kappa shape index (κ1) is 25.3. The lowest BCUT2D eigenvalue weighted by Gasteiger charge is -2.17. The van der Waals surface area contributed by atoms with Gasteiger partial charge in [-0.05, 0) is 56.7 Å². The van der Waals surface area contributed by atoms with E-state index in [2.05, 4.69) is 5.32 Å². The second-order valence-corrected chi connectivity index (χ2v) is 10.3. The molecule has 1 atom stereocenters. The molecule has 8 nitrogen and oxygen atoms in total. The number of para-hydroxylation sites is 3. The number of nitrogens with zero attached hydrogens (tertiary/aromatic N) is 4. The number of fused-ring (bicyclic) bond motifs is 1. The molecule has 0 bridgehead atoms. The van der Waals surface area contributed by atoms with E-state index in [1.165, 1.54) is 16.4 Å². The van der Waals surface area contributed by atoms with Crippen molar-refractivity contribution in [2.45, 2.75) is 31.2 Å². The minimum Gasteiger partial charge on any atom is -0.319 e. The number of rotatable bonds is 6. The van der Waals surface area contributed by atoms with Crippen LogP contribution in [-0.2, 0) is 11.8 Å². The van der Waals surface area contributed by atoms with Gasteiger partial charge in [0.1, 0.15) is 5.69 Å². The Hall–Kier alpha value is -4.37. The van der Waals surface area contributed by atoms with Gasteiger partial charge in [-0.2, -0.15) is 0 Å². The minimum atomic E-state index is -0.650. The predicted octanol–water partition coefficient (Wildman–Crippen LogP) is 4.61. The highest BCUT2D eigenvalue weighted by Gasteiger charge is 2.24. The van der Waals surface area contributed by atoms with Gasteiger partial charge in [0.15, 0.2) is 5.16 Å². The normalized spacial score (nSPS) is 12.0. The number of carbonyl (C=O) groups excluding carboxylic acids is 1. The van der Waals surface area contributed by atoms with E-state index in [-0.39, 0.29) is 22.7 Å². The van der Waals surface area contributed by atoms with Crippen molar-refractivity contribution in [2.24, 2.45) is 7.05 Å². The van der Waals surface area contributed by atoms with Crippen LogP contribution < -0.4 is 16.4 Å². The number of aryl methyl sites for hydroxylation is 1. The van der Waals surface area contributed by atoms with Crippen LogP contribution in [0.5, 0.6) is 0 Å². The molecule has 1 N–H and O–H groups in total. The molecule has 0 saturated heterocycles. The summed E-state index contributed by atoms with van der Waals surface area (Å²) in [5, 5.41) is 3.07. The largest absolute Gasteiger partial charge is 0.319 e. The van der Waals surface area contributed by atoms with Crippen LogP contribution in [0.1, 0.15) is 18.2 Å². The molecule has 2 heterocycles. The topological polar surface area (TPSA) is 90.9 Å². The zero-order valence-electron chi connectivity index (χ0n) is 21.5. The first-order valence-electron chi connectivity index (χ1n) is 12.2. The van der Waals surface area contributed by atoms with Gasteiger partial charge in [0.2, 0.25) is 5.91 Å². The third-order valence-corrected chi connectivity index (χ3v) is 7.61. The number of nitrogens with one attached hydrogen (secondary N) is 1. The molecule has 0 fully saturated rings.